The third-order valence-corrected chi connectivity index (χ3v) is 4.51. The highest BCUT2D eigenvalue weighted by molar-refractivity contribution is 9.10. The molecule has 0 fully saturated rings. The molecule has 0 spiro atoms. The summed E-state index contributed by atoms with van der Waals surface area (Å²) < 4.78 is 27.2. The molecule has 0 unspecified atom stereocenters. The van der Waals surface area contributed by atoms with Crippen LogP contribution in [0.2, 0.25) is 5.28 Å². The Morgan fingerprint density at radius 2 is 1.89 bits per heavy atom. The molecule has 0 aliphatic rings. The molecular weight excluding hydrogens is 356 g/mol. The van der Waals surface area contributed by atoms with Gasteiger partial charge in [-0.2, -0.15) is 0 Å². The second-order valence-corrected chi connectivity index (χ2v) is 6.43. The van der Waals surface area contributed by atoms with Crippen LogP contribution in [0, 0.1) is 6.92 Å². The van der Waals surface area contributed by atoms with E-state index in [2.05, 4.69) is 35.6 Å². The van der Waals surface area contributed by atoms with Crippen molar-refractivity contribution < 1.29 is 8.42 Å². The number of hydrogen-bond donors (Lipinski definition) is 1. The van der Waals surface area contributed by atoms with E-state index in [4.69, 9.17) is 11.6 Å². The molecule has 0 amide bonds. The Morgan fingerprint density at radius 1 is 1.26 bits per heavy atom. The van der Waals surface area contributed by atoms with E-state index in [1.807, 2.05) is 0 Å². The summed E-state index contributed by atoms with van der Waals surface area (Å²) in [6.07, 6.45) is 2.26. The van der Waals surface area contributed by atoms with Crippen molar-refractivity contribution in [2.45, 2.75) is 11.8 Å². The van der Waals surface area contributed by atoms with Crippen LogP contribution < -0.4 is 4.72 Å². The number of aromatic nitrogens is 3. The van der Waals surface area contributed by atoms with Crippen LogP contribution in [-0.4, -0.2) is 23.4 Å². The molecule has 2 aromatic heterocycles. The van der Waals surface area contributed by atoms with E-state index in [9.17, 15) is 8.42 Å². The van der Waals surface area contributed by atoms with Gasteiger partial charge < -0.3 is 0 Å². The van der Waals surface area contributed by atoms with E-state index in [0.29, 0.717) is 5.69 Å². The SMILES string of the molecule is Cc1nc(NS(=O)(=O)c2cnc(Cl)nc2)ccc1Br. The lowest BCUT2D eigenvalue weighted by atomic mass is 10.4. The van der Waals surface area contributed by atoms with E-state index in [0.717, 1.165) is 16.9 Å². The summed E-state index contributed by atoms with van der Waals surface area (Å²) >= 11 is 8.79. The van der Waals surface area contributed by atoms with Crippen LogP contribution in [0.1, 0.15) is 5.69 Å². The molecule has 2 rings (SSSR count). The number of hydrogen-bond acceptors (Lipinski definition) is 5. The number of nitrogens with one attached hydrogen (secondary N) is 1. The monoisotopic (exact) mass is 362 g/mol. The standard InChI is InChI=1S/C10H8BrClN4O2S/c1-6-8(11)2-3-9(15-6)16-19(17,18)7-4-13-10(12)14-5-7/h2-5H,1H3,(H,15,16). The fourth-order valence-corrected chi connectivity index (χ4v) is 2.44. The molecule has 100 valence electrons. The molecule has 0 aliphatic heterocycles. The maximum atomic E-state index is 12.0. The van der Waals surface area contributed by atoms with Crippen molar-refractivity contribution in [3.8, 4) is 0 Å². The second-order valence-electron chi connectivity index (χ2n) is 3.56. The maximum absolute atomic E-state index is 12.0. The third kappa shape index (κ3) is 3.40. The van der Waals surface area contributed by atoms with Gasteiger partial charge in [0.1, 0.15) is 10.7 Å². The number of pyridine rings is 1. The van der Waals surface area contributed by atoms with Gasteiger partial charge in [0.25, 0.3) is 10.0 Å². The summed E-state index contributed by atoms with van der Waals surface area (Å²) in [6.45, 7) is 1.76. The zero-order valence-corrected chi connectivity index (χ0v) is 12.8. The van der Waals surface area contributed by atoms with Crippen LogP contribution in [-0.2, 0) is 10.0 Å². The highest BCUT2D eigenvalue weighted by atomic mass is 79.9. The molecule has 0 saturated heterocycles. The fourth-order valence-electron chi connectivity index (χ4n) is 1.24. The summed E-state index contributed by atoms with van der Waals surface area (Å²) in [7, 11) is -3.77. The summed E-state index contributed by atoms with van der Waals surface area (Å²) in [4.78, 5) is 11.3. The second kappa shape index (κ2) is 5.40. The minimum absolute atomic E-state index is 0.0171. The number of sulfonamides is 1. The van der Waals surface area contributed by atoms with E-state index in [1.165, 1.54) is 0 Å². The van der Waals surface area contributed by atoms with Gasteiger partial charge in [-0.05, 0) is 46.6 Å². The Morgan fingerprint density at radius 3 is 2.47 bits per heavy atom. The van der Waals surface area contributed by atoms with Gasteiger partial charge in [-0.3, -0.25) is 4.72 Å². The Bertz CT molecular complexity index is 706. The minimum atomic E-state index is -3.77. The van der Waals surface area contributed by atoms with Gasteiger partial charge in [-0.15, -0.1) is 0 Å². The van der Waals surface area contributed by atoms with E-state index in [-0.39, 0.29) is 16.0 Å². The number of rotatable bonds is 3. The predicted molar refractivity (Wildman–Crippen MR) is 74.5 cm³/mol. The maximum Gasteiger partial charge on any atom is 0.266 e. The van der Waals surface area contributed by atoms with Gasteiger partial charge in [0, 0.05) is 4.47 Å². The molecular formula is C10H8BrClN4O2S. The van der Waals surface area contributed by atoms with Gasteiger partial charge in [0.2, 0.25) is 5.28 Å². The predicted octanol–water partition coefficient (Wildman–Crippen LogP) is 2.40. The van der Waals surface area contributed by atoms with Crippen LogP contribution in [0.3, 0.4) is 0 Å². The van der Waals surface area contributed by atoms with E-state index >= 15 is 0 Å². The summed E-state index contributed by atoms with van der Waals surface area (Å²) in [6, 6.07) is 3.25. The Labute approximate surface area is 123 Å². The van der Waals surface area contributed by atoms with Crippen LogP contribution in [0.25, 0.3) is 0 Å². The minimum Gasteiger partial charge on any atom is -0.263 e. The van der Waals surface area contributed by atoms with Crippen molar-refractivity contribution in [2.75, 3.05) is 4.72 Å². The van der Waals surface area contributed by atoms with Crippen molar-refractivity contribution in [2.24, 2.45) is 0 Å². The Balaban J connectivity index is 2.30. The van der Waals surface area contributed by atoms with Gasteiger partial charge in [-0.1, -0.05) is 0 Å². The first-order valence-electron chi connectivity index (χ1n) is 5.02. The zero-order chi connectivity index (χ0) is 14.0. The molecule has 0 atom stereocenters. The number of aryl methyl sites for hydroxylation is 1. The highest BCUT2D eigenvalue weighted by Gasteiger charge is 2.16. The number of anilines is 1. The van der Waals surface area contributed by atoms with Gasteiger partial charge in [-0.25, -0.2) is 23.4 Å². The lowest BCUT2D eigenvalue weighted by Crippen LogP contribution is -2.14. The summed E-state index contributed by atoms with van der Waals surface area (Å²) in [5.74, 6) is 0.218. The topological polar surface area (TPSA) is 84.8 Å². The molecule has 0 saturated carbocycles. The molecule has 19 heavy (non-hydrogen) atoms. The number of nitrogens with zero attached hydrogens (tertiary/aromatic N) is 3. The van der Waals surface area contributed by atoms with Crippen LogP contribution in [0.5, 0.6) is 0 Å². The average Bonchev–Trinajstić information content (AvgIpc) is 2.34. The van der Waals surface area contributed by atoms with Gasteiger partial charge >= 0.3 is 0 Å². The molecule has 9 heteroatoms. The fraction of sp³-hybridized carbons (Fsp3) is 0.100. The quantitative estimate of drug-likeness (QED) is 0.846. The highest BCUT2D eigenvalue weighted by Crippen LogP contribution is 2.18. The smallest absolute Gasteiger partial charge is 0.263 e. The molecule has 0 aliphatic carbocycles. The van der Waals surface area contributed by atoms with Gasteiger partial charge in [0.05, 0.1) is 18.1 Å². The normalized spacial score (nSPS) is 11.3. The van der Waals surface area contributed by atoms with Crippen LogP contribution >= 0.6 is 27.5 Å². The third-order valence-electron chi connectivity index (χ3n) is 2.17. The average molecular weight is 364 g/mol. The molecule has 6 nitrogen and oxygen atoms in total. The van der Waals surface area contributed by atoms with Crippen molar-refractivity contribution >= 4 is 43.4 Å². The largest absolute Gasteiger partial charge is 0.266 e. The lowest BCUT2D eigenvalue weighted by Gasteiger charge is -2.07. The molecule has 2 heterocycles. The van der Waals surface area contributed by atoms with E-state index in [1.54, 1.807) is 19.1 Å². The number of halogens is 2. The summed E-state index contributed by atoms with van der Waals surface area (Å²) in [5, 5.41) is -0.0171. The van der Waals surface area contributed by atoms with Gasteiger partial charge in [0.15, 0.2) is 0 Å². The van der Waals surface area contributed by atoms with Crippen LogP contribution in [0.4, 0.5) is 5.82 Å². The van der Waals surface area contributed by atoms with Crippen molar-refractivity contribution in [1.82, 2.24) is 15.0 Å². The zero-order valence-electron chi connectivity index (χ0n) is 9.63. The van der Waals surface area contributed by atoms with Crippen molar-refractivity contribution in [1.29, 1.82) is 0 Å². The van der Waals surface area contributed by atoms with E-state index < -0.39 is 10.0 Å². The Hall–Kier alpha value is -1.25. The Kier molecular flexibility index (Phi) is 4.02. The van der Waals surface area contributed by atoms with Crippen molar-refractivity contribution in [3.63, 3.8) is 0 Å². The molecule has 0 aromatic carbocycles. The lowest BCUT2D eigenvalue weighted by molar-refractivity contribution is 0.600. The molecule has 0 radical (unpaired) electrons. The first-order valence-corrected chi connectivity index (χ1v) is 7.67. The van der Waals surface area contributed by atoms with Crippen molar-refractivity contribution in [3.05, 3.63) is 40.0 Å². The molecule has 1 N–H and O–H groups in total. The molecule has 2 aromatic rings. The first kappa shape index (κ1) is 14.2. The summed E-state index contributed by atoms with van der Waals surface area (Å²) in [5.41, 5.74) is 0.674. The van der Waals surface area contributed by atoms with Crippen LogP contribution in [0.15, 0.2) is 33.9 Å². The first-order chi connectivity index (χ1) is 8.88. The molecule has 0 bridgehead atoms.